The standard InChI is InChI=1S/C19H15FN6O2/c20-14-7-4-8-15(11-14)26-12-16(23-25-26)17-22-19(28-24-17)18(27)21-10-9-13-5-2-1-3-6-13/h1-8,11-12H,9-10H2,(H,21,27). The highest BCUT2D eigenvalue weighted by molar-refractivity contribution is 5.89. The SMILES string of the molecule is O=C(NCCc1ccccc1)c1nc(-c2cn(-c3cccc(F)c3)nn2)no1. The highest BCUT2D eigenvalue weighted by Crippen LogP contribution is 2.15. The van der Waals surface area contributed by atoms with Gasteiger partial charge in [-0.05, 0) is 30.2 Å². The van der Waals surface area contributed by atoms with E-state index in [-0.39, 0.29) is 17.5 Å². The van der Waals surface area contributed by atoms with Gasteiger partial charge in [-0.1, -0.05) is 46.8 Å². The lowest BCUT2D eigenvalue weighted by Crippen LogP contribution is -2.25. The zero-order valence-electron chi connectivity index (χ0n) is 14.6. The molecule has 0 unspecified atom stereocenters. The van der Waals surface area contributed by atoms with Crippen molar-refractivity contribution in [3.63, 3.8) is 0 Å². The summed E-state index contributed by atoms with van der Waals surface area (Å²) >= 11 is 0. The third-order valence-corrected chi connectivity index (χ3v) is 3.96. The first-order valence-electron chi connectivity index (χ1n) is 8.53. The molecule has 0 radical (unpaired) electrons. The van der Waals surface area contributed by atoms with Crippen LogP contribution in [0.2, 0.25) is 0 Å². The first-order valence-corrected chi connectivity index (χ1v) is 8.53. The fourth-order valence-electron chi connectivity index (χ4n) is 2.57. The Morgan fingerprint density at radius 2 is 2.00 bits per heavy atom. The van der Waals surface area contributed by atoms with Crippen molar-refractivity contribution < 1.29 is 13.7 Å². The summed E-state index contributed by atoms with van der Waals surface area (Å²) in [5.74, 6) is -0.894. The zero-order chi connectivity index (χ0) is 19.3. The smallest absolute Gasteiger partial charge is 0.316 e. The molecule has 4 aromatic rings. The second-order valence-corrected chi connectivity index (χ2v) is 5.94. The van der Waals surface area contributed by atoms with Crippen LogP contribution in [0.1, 0.15) is 16.2 Å². The minimum atomic E-state index is -0.466. The molecule has 2 aromatic carbocycles. The van der Waals surface area contributed by atoms with Crippen LogP contribution in [0.15, 0.2) is 65.3 Å². The van der Waals surface area contributed by atoms with E-state index in [0.717, 1.165) is 5.56 Å². The van der Waals surface area contributed by atoms with Crippen molar-refractivity contribution in [1.29, 1.82) is 0 Å². The predicted octanol–water partition coefficient (Wildman–Crippen LogP) is 2.43. The Hall–Kier alpha value is -3.88. The van der Waals surface area contributed by atoms with E-state index in [4.69, 9.17) is 4.52 Å². The molecule has 0 spiro atoms. The molecule has 28 heavy (non-hydrogen) atoms. The highest BCUT2D eigenvalue weighted by atomic mass is 19.1. The minimum absolute atomic E-state index is 0.121. The van der Waals surface area contributed by atoms with E-state index in [1.54, 1.807) is 12.1 Å². The zero-order valence-corrected chi connectivity index (χ0v) is 14.6. The van der Waals surface area contributed by atoms with E-state index in [1.165, 1.54) is 23.0 Å². The average Bonchev–Trinajstić information content (AvgIpc) is 3.38. The van der Waals surface area contributed by atoms with Crippen molar-refractivity contribution in [2.45, 2.75) is 6.42 Å². The maximum absolute atomic E-state index is 13.3. The van der Waals surface area contributed by atoms with Crippen molar-refractivity contribution in [1.82, 2.24) is 30.5 Å². The lowest BCUT2D eigenvalue weighted by Gasteiger charge is -2.02. The van der Waals surface area contributed by atoms with Crippen LogP contribution in [-0.2, 0) is 6.42 Å². The van der Waals surface area contributed by atoms with Crippen LogP contribution in [0.4, 0.5) is 4.39 Å². The van der Waals surface area contributed by atoms with Crippen LogP contribution in [0.5, 0.6) is 0 Å². The topological polar surface area (TPSA) is 98.7 Å². The van der Waals surface area contributed by atoms with Crippen LogP contribution in [0.3, 0.4) is 0 Å². The molecule has 2 aromatic heterocycles. The van der Waals surface area contributed by atoms with E-state index < -0.39 is 5.91 Å². The van der Waals surface area contributed by atoms with Gasteiger partial charge in [0, 0.05) is 6.54 Å². The highest BCUT2D eigenvalue weighted by Gasteiger charge is 2.18. The van der Waals surface area contributed by atoms with Gasteiger partial charge in [0.1, 0.15) is 5.82 Å². The molecule has 1 amide bonds. The fraction of sp³-hybridized carbons (Fsp3) is 0.105. The van der Waals surface area contributed by atoms with E-state index in [2.05, 4.69) is 25.8 Å². The number of aromatic nitrogens is 5. The number of amides is 1. The molecule has 0 aliphatic carbocycles. The maximum atomic E-state index is 13.3. The van der Waals surface area contributed by atoms with Crippen molar-refractivity contribution in [3.05, 3.63) is 78.1 Å². The van der Waals surface area contributed by atoms with E-state index in [9.17, 15) is 9.18 Å². The number of carbonyl (C=O) groups is 1. The Balaban J connectivity index is 1.41. The molecule has 8 nitrogen and oxygen atoms in total. The summed E-state index contributed by atoms with van der Waals surface area (Å²) in [5, 5.41) is 14.4. The summed E-state index contributed by atoms with van der Waals surface area (Å²) in [7, 11) is 0. The summed E-state index contributed by atoms with van der Waals surface area (Å²) in [6.07, 6.45) is 2.21. The average molecular weight is 378 g/mol. The molecule has 0 saturated carbocycles. The Bertz CT molecular complexity index is 1090. The van der Waals surface area contributed by atoms with Gasteiger partial charge in [0.2, 0.25) is 5.82 Å². The molecule has 4 rings (SSSR count). The Labute approximate surface area is 159 Å². The van der Waals surface area contributed by atoms with Gasteiger partial charge in [-0.3, -0.25) is 4.79 Å². The fourth-order valence-corrected chi connectivity index (χ4v) is 2.57. The van der Waals surface area contributed by atoms with Crippen molar-refractivity contribution >= 4 is 5.91 Å². The second kappa shape index (κ2) is 7.78. The van der Waals surface area contributed by atoms with Gasteiger partial charge in [-0.2, -0.15) is 4.98 Å². The van der Waals surface area contributed by atoms with Crippen LogP contribution in [0, 0.1) is 5.82 Å². The summed E-state index contributed by atoms with van der Waals surface area (Å²) in [4.78, 5) is 16.2. The monoisotopic (exact) mass is 378 g/mol. The van der Waals surface area contributed by atoms with Gasteiger partial charge < -0.3 is 9.84 Å². The second-order valence-electron chi connectivity index (χ2n) is 5.94. The van der Waals surface area contributed by atoms with Gasteiger partial charge in [0.15, 0.2) is 5.69 Å². The molecule has 2 heterocycles. The first-order chi connectivity index (χ1) is 13.7. The van der Waals surface area contributed by atoms with Gasteiger partial charge in [-0.25, -0.2) is 9.07 Å². The molecular weight excluding hydrogens is 363 g/mol. The quantitative estimate of drug-likeness (QED) is 0.553. The van der Waals surface area contributed by atoms with Gasteiger partial charge in [0.25, 0.3) is 0 Å². The molecular formula is C19H15FN6O2. The van der Waals surface area contributed by atoms with Gasteiger partial charge in [0.05, 0.1) is 11.9 Å². The van der Waals surface area contributed by atoms with Crippen molar-refractivity contribution in [3.8, 4) is 17.2 Å². The van der Waals surface area contributed by atoms with Crippen LogP contribution in [0.25, 0.3) is 17.2 Å². The largest absolute Gasteiger partial charge is 0.347 e. The first kappa shape index (κ1) is 17.5. The summed E-state index contributed by atoms with van der Waals surface area (Å²) in [6, 6.07) is 15.7. The summed E-state index contributed by atoms with van der Waals surface area (Å²) < 4.78 is 19.7. The van der Waals surface area contributed by atoms with E-state index in [1.807, 2.05) is 30.3 Å². The molecule has 0 bridgehead atoms. The molecule has 0 fully saturated rings. The number of hydrogen-bond acceptors (Lipinski definition) is 6. The molecule has 9 heteroatoms. The number of hydrogen-bond donors (Lipinski definition) is 1. The Morgan fingerprint density at radius 3 is 2.82 bits per heavy atom. The molecule has 0 saturated heterocycles. The maximum Gasteiger partial charge on any atom is 0.316 e. The molecule has 0 atom stereocenters. The van der Waals surface area contributed by atoms with Crippen LogP contribution < -0.4 is 5.32 Å². The Morgan fingerprint density at radius 1 is 1.14 bits per heavy atom. The summed E-state index contributed by atoms with van der Waals surface area (Å²) in [5.41, 5.74) is 1.92. The number of benzene rings is 2. The lowest BCUT2D eigenvalue weighted by molar-refractivity contribution is 0.0910. The number of halogens is 1. The van der Waals surface area contributed by atoms with Gasteiger partial charge >= 0.3 is 11.8 Å². The number of nitrogens with zero attached hydrogens (tertiary/aromatic N) is 5. The third-order valence-electron chi connectivity index (χ3n) is 3.96. The van der Waals surface area contributed by atoms with Crippen LogP contribution >= 0.6 is 0 Å². The van der Waals surface area contributed by atoms with Crippen molar-refractivity contribution in [2.24, 2.45) is 0 Å². The van der Waals surface area contributed by atoms with Crippen LogP contribution in [-0.4, -0.2) is 37.6 Å². The number of nitrogens with one attached hydrogen (secondary N) is 1. The molecule has 0 aliphatic rings. The Kier molecular flexibility index (Phi) is 4.87. The number of rotatable bonds is 6. The number of carbonyl (C=O) groups excluding carboxylic acids is 1. The minimum Gasteiger partial charge on any atom is -0.347 e. The van der Waals surface area contributed by atoms with Gasteiger partial charge in [-0.15, -0.1) is 5.10 Å². The molecule has 140 valence electrons. The van der Waals surface area contributed by atoms with E-state index in [0.29, 0.717) is 24.3 Å². The molecule has 0 aliphatic heterocycles. The summed E-state index contributed by atoms with van der Waals surface area (Å²) in [6.45, 7) is 0.441. The lowest BCUT2D eigenvalue weighted by atomic mass is 10.1. The third kappa shape index (κ3) is 3.93. The normalized spacial score (nSPS) is 10.8. The molecule has 1 N–H and O–H groups in total. The predicted molar refractivity (Wildman–Crippen MR) is 97.1 cm³/mol. The van der Waals surface area contributed by atoms with Crippen molar-refractivity contribution in [2.75, 3.05) is 6.54 Å². The van der Waals surface area contributed by atoms with E-state index >= 15 is 0 Å².